The topological polar surface area (TPSA) is 8.81 Å². The summed E-state index contributed by atoms with van der Waals surface area (Å²) in [5, 5.41) is 0. The molecule has 0 saturated carbocycles. The van der Waals surface area contributed by atoms with Crippen LogP contribution in [-0.4, -0.2) is 4.57 Å². The highest BCUT2D eigenvalue weighted by Crippen LogP contribution is 2.17. The number of imidazole rings is 1. The molecule has 2 rings (SSSR count). The highest BCUT2D eigenvalue weighted by atomic mass is 15.1. The summed E-state index contributed by atoms with van der Waals surface area (Å²) in [6.45, 7) is 7.66. The van der Waals surface area contributed by atoms with Gasteiger partial charge in [-0.25, -0.2) is 9.13 Å². The number of hydrogen-bond acceptors (Lipinski definition) is 0. The molecule has 2 heteroatoms. The lowest BCUT2D eigenvalue weighted by Crippen LogP contribution is -2.30. The highest BCUT2D eigenvalue weighted by molar-refractivity contribution is 5.46. The third kappa shape index (κ3) is 2.57. The molecule has 2 aromatic rings. The molecule has 0 aliphatic heterocycles. The van der Waals surface area contributed by atoms with E-state index in [2.05, 4.69) is 66.8 Å². The molecular formula is C15H21N2+. The quantitative estimate of drug-likeness (QED) is 0.712. The lowest BCUT2D eigenvalue weighted by Gasteiger charge is -2.04. The van der Waals surface area contributed by atoms with Gasteiger partial charge in [0.15, 0.2) is 0 Å². The molecule has 0 unspecified atom stereocenters. The Morgan fingerprint density at radius 1 is 1.18 bits per heavy atom. The Kier molecular flexibility index (Phi) is 3.62. The van der Waals surface area contributed by atoms with Crippen LogP contribution in [0.4, 0.5) is 0 Å². The van der Waals surface area contributed by atoms with Gasteiger partial charge in [-0.2, -0.15) is 0 Å². The second-order valence-electron chi connectivity index (χ2n) is 4.65. The van der Waals surface area contributed by atoms with Crippen LogP contribution in [0.25, 0.3) is 5.69 Å². The molecular weight excluding hydrogens is 208 g/mol. The number of para-hydroxylation sites is 1. The van der Waals surface area contributed by atoms with Crippen molar-refractivity contribution in [2.24, 2.45) is 0 Å². The van der Waals surface area contributed by atoms with Crippen LogP contribution in [0.5, 0.6) is 0 Å². The monoisotopic (exact) mass is 229 g/mol. The van der Waals surface area contributed by atoms with Crippen molar-refractivity contribution in [2.45, 2.75) is 40.2 Å². The van der Waals surface area contributed by atoms with Crippen molar-refractivity contribution in [3.8, 4) is 5.69 Å². The summed E-state index contributed by atoms with van der Waals surface area (Å²) < 4.78 is 4.48. The van der Waals surface area contributed by atoms with E-state index < -0.39 is 0 Å². The normalized spacial score (nSPS) is 10.8. The summed E-state index contributed by atoms with van der Waals surface area (Å²) in [4.78, 5) is 0. The van der Waals surface area contributed by atoms with E-state index in [0.29, 0.717) is 0 Å². The number of nitrogens with zero attached hydrogens (tertiary/aromatic N) is 2. The molecule has 0 N–H and O–H groups in total. The molecule has 0 bridgehead atoms. The van der Waals surface area contributed by atoms with E-state index in [1.54, 1.807) is 0 Å². The third-order valence-electron chi connectivity index (χ3n) is 3.16. The average Bonchev–Trinajstić information content (AvgIpc) is 2.75. The smallest absolute Gasteiger partial charge is 0.236 e. The van der Waals surface area contributed by atoms with Crippen LogP contribution >= 0.6 is 0 Å². The Morgan fingerprint density at radius 2 is 1.88 bits per heavy atom. The molecule has 0 amide bonds. The van der Waals surface area contributed by atoms with Gasteiger partial charge in [0, 0.05) is 0 Å². The summed E-state index contributed by atoms with van der Waals surface area (Å²) in [7, 11) is 0. The zero-order chi connectivity index (χ0) is 12.3. The fourth-order valence-corrected chi connectivity index (χ4v) is 2.21. The number of unbranched alkanes of at least 4 members (excludes halogenated alkanes) is 1. The first-order valence-corrected chi connectivity index (χ1v) is 6.36. The molecule has 0 spiro atoms. The van der Waals surface area contributed by atoms with Gasteiger partial charge >= 0.3 is 0 Å². The van der Waals surface area contributed by atoms with E-state index >= 15 is 0 Å². The summed E-state index contributed by atoms with van der Waals surface area (Å²) in [6, 6.07) is 6.44. The molecule has 1 heterocycles. The zero-order valence-corrected chi connectivity index (χ0v) is 11.0. The molecule has 0 saturated heterocycles. The Bertz CT molecular complexity index is 477. The maximum Gasteiger partial charge on any atom is 0.248 e. The van der Waals surface area contributed by atoms with Crippen LogP contribution < -0.4 is 4.57 Å². The Morgan fingerprint density at radius 3 is 2.53 bits per heavy atom. The molecule has 90 valence electrons. The summed E-state index contributed by atoms with van der Waals surface area (Å²) in [5.74, 6) is 0. The second-order valence-corrected chi connectivity index (χ2v) is 4.65. The van der Waals surface area contributed by atoms with Gasteiger partial charge in [-0.3, -0.25) is 0 Å². The predicted molar refractivity (Wildman–Crippen MR) is 70.3 cm³/mol. The van der Waals surface area contributed by atoms with Gasteiger partial charge in [-0.15, -0.1) is 0 Å². The maximum atomic E-state index is 2.26. The Hall–Kier alpha value is -1.57. The number of aromatic nitrogens is 2. The molecule has 0 aliphatic rings. The number of rotatable bonds is 4. The minimum absolute atomic E-state index is 1.11. The van der Waals surface area contributed by atoms with Gasteiger partial charge < -0.3 is 0 Å². The SMILES string of the molecule is CCCC[n+]1ccn(-c2c(C)cccc2C)c1. The number of benzene rings is 1. The van der Waals surface area contributed by atoms with E-state index in [9.17, 15) is 0 Å². The van der Waals surface area contributed by atoms with E-state index in [4.69, 9.17) is 0 Å². The minimum atomic E-state index is 1.11. The van der Waals surface area contributed by atoms with Gasteiger partial charge in [-0.05, 0) is 31.4 Å². The van der Waals surface area contributed by atoms with Crippen molar-refractivity contribution in [1.29, 1.82) is 0 Å². The first-order valence-electron chi connectivity index (χ1n) is 6.36. The Balaban J connectivity index is 2.30. The zero-order valence-electron chi connectivity index (χ0n) is 11.0. The minimum Gasteiger partial charge on any atom is -0.236 e. The van der Waals surface area contributed by atoms with Crippen molar-refractivity contribution in [2.75, 3.05) is 0 Å². The largest absolute Gasteiger partial charge is 0.248 e. The fraction of sp³-hybridized carbons (Fsp3) is 0.400. The van der Waals surface area contributed by atoms with Crippen molar-refractivity contribution >= 4 is 0 Å². The van der Waals surface area contributed by atoms with Crippen molar-refractivity contribution < 1.29 is 4.57 Å². The van der Waals surface area contributed by atoms with Crippen LogP contribution in [0.1, 0.15) is 30.9 Å². The second kappa shape index (κ2) is 5.17. The van der Waals surface area contributed by atoms with E-state index in [1.165, 1.54) is 29.7 Å². The molecule has 0 radical (unpaired) electrons. The number of aryl methyl sites for hydroxylation is 3. The molecule has 0 atom stereocenters. The molecule has 0 fully saturated rings. The molecule has 17 heavy (non-hydrogen) atoms. The lowest BCUT2D eigenvalue weighted by atomic mass is 10.1. The first-order chi connectivity index (χ1) is 8.22. The van der Waals surface area contributed by atoms with Crippen LogP contribution in [0.2, 0.25) is 0 Å². The van der Waals surface area contributed by atoms with Crippen LogP contribution in [0.3, 0.4) is 0 Å². The Labute approximate surface area is 104 Å². The molecule has 1 aromatic heterocycles. The number of hydrogen-bond donors (Lipinski definition) is 0. The van der Waals surface area contributed by atoms with Gasteiger partial charge in [0.1, 0.15) is 18.1 Å². The van der Waals surface area contributed by atoms with Crippen LogP contribution in [0, 0.1) is 13.8 Å². The van der Waals surface area contributed by atoms with Crippen LogP contribution in [-0.2, 0) is 6.54 Å². The van der Waals surface area contributed by atoms with Gasteiger partial charge in [0.05, 0.1) is 6.54 Å². The van der Waals surface area contributed by atoms with E-state index in [1.807, 2.05) is 0 Å². The summed E-state index contributed by atoms with van der Waals surface area (Å²) >= 11 is 0. The molecule has 2 nitrogen and oxygen atoms in total. The third-order valence-corrected chi connectivity index (χ3v) is 3.16. The highest BCUT2D eigenvalue weighted by Gasteiger charge is 2.11. The van der Waals surface area contributed by atoms with Crippen molar-refractivity contribution in [3.63, 3.8) is 0 Å². The maximum absolute atomic E-state index is 2.26. The van der Waals surface area contributed by atoms with Crippen molar-refractivity contribution in [3.05, 3.63) is 48.0 Å². The van der Waals surface area contributed by atoms with Gasteiger partial charge in [0.25, 0.3) is 0 Å². The first kappa shape index (κ1) is 11.9. The predicted octanol–water partition coefficient (Wildman–Crippen LogP) is 3.18. The van der Waals surface area contributed by atoms with Gasteiger partial charge in [0.2, 0.25) is 6.33 Å². The van der Waals surface area contributed by atoms with Gasteiger partial charge in [-0.1, -0.05) is 31.5 Å². The summed E-state index contributed by atoms with van der Waals surface area (Å²) in [6.07, 6.45) is 8.96. The molecule has 1 aromatic carbocycles. The average molecular weight is 229 g/mol. The summed E-state index contributed by atoms with van der Waals surface area (Å²) in [5.41, 5.74) is 3.95. The van der Waals surface area contributed by atoms with E-state index in [0.717, 1.165) is 6.54 Å². The van der Waals surface area contributed by atoms with E-state index in [-0.39, 0.29) is 0 Å². The molecule has 0 aliphatic carbocycles. The van der Waals surface area contributed by atoms with Crippen molar-refractivity contribution in [1.82, 2.24) is 4.57 Å². The standard InChI is InChI=1S/C15H21N2/c1-4-5-9-16-10-11-17(12-16)15-13(2)7-6-8-14(15)3/h6-8,10-12H,4-5,9H2,1-3H3/q+1. The van der Waals surface area contributed by atoms with Crippen LogP contribution in [0.15, 0.2) is 36.9 Å². The lowest BCUT2D eigenvalue weighted by molar-refractivity contribution is -0.696. The fourth-order valence-electron chi connectivity index (χ4n) is 2.21.